The zero-order chi connectivity index (χ0) is 15.3. The average Bonchev–Trinajstić information content (AvgIpc) is 2.42. The lowest BCUT2D eigenvalue weighted by Gasteiger charge is -2.36. The molecule has 0 radical (unpaired) electrons. The molecule has 0 heterocycles. The molecule has 2 N–H and O–H groups in total. The van der Waals surface area contributed by atoms with Crippen LogP contribution in [-0.4, -0.2) is 24.1 Å². The lowest BCUT2D eigenvalue weighted by Crippen LogP contribution is -2.42. The van der Waals surface area contributed by atoms with Crippen LogP contribution in [0.15, 0.2) is 24.3 Å². The van der Waals surface area contributed by atoms with E-state index >= 15 is 0 Å². The summed E-state index contributed by atoms with van der Waals surface area (Å²) in [5, 5.41) is 12.0. The number of benzene rings is 1. The fourth-order valence-electron chi connectivity index (χ4n) is 2.56. The van der Waals surface area contributed by atoms with Gasteiger partial charge in [-0.1, -0.05) is 30.7 Å². The van der Waals surface area contributed by atoms with Crippen LogP contribution >= 0.6 is 0 Å². The number of carbonyl (C=O) groups is 2. The molecule has 0 unspecified atom stereocenters. The van der Waals surface area contributed by atoms with Gasteiger partial charge in [0.15, 0.2) is 0 Å². The molecule has 1 aliphatic rings. The van der Waals surface area contributed by atoms with Crippen molar-refractivity contribution in [2.75, 3.05) is 7.11 Å². The van der Waals surface area contributed by atoms with Crippen molar-refractivity contribution in [1.29, 1.82) is 0 Å². The predicted molar refractivity (Wildman–Crippen MR) is 77.5 cm³/mol. The Morgan fingerprint density at radius 2 is 1.86 bits per heavy atom. The summed E-state index contributed by atoms with van der Waals surface area (Å²) in [5.74, 6) is -1.05. The summed E-state index contributed by atoms with van der Waals surface area (Å²) < 4.78 is 5.04. The van der Waals surface area contributed by atoms with E-state index in [2.05, 4.69) is 5.32 Å². The zero-order valence-electron chi connectivity index (χ0n) is 12.2. The van der Waals surface area contributed by atoms with Gasteiger partial charge in [-0.2, -0.15) is 0 Å². The van der Waals surface area contributed by atoms with Crippen LogP contribution in [0.25, 0.3) is 0 Å². The normalized spacial score (nSPS) is 16.0. The number of aliphatic carboxylic acids is 1. The molecule has 5 nitrogen and oxygen atoms in total. The van der Waals surface area contributed by atoms with Crippen LogP contribution in [0.1, 0.15) is 36.8 Å². The van der Waals surface area contributed by atoms with Crippen molar-refractivity contribution in [2.45, 2.75) is 38.8 Å². The van der Waals surface area contributed by atoms with E-state index in [0.717, 1.165) is 17.5 Å². The van der Waals surface area contributed by atoms with Crippen molar-refractivity contribution in [1.82, 2.24) is 5.32 Å². The van der Waals surface area contributed by atoms with E-state index in [1.165, 1.54) is 0 Å². The van der Waals surface area contributed by atoms with Gasteiger partial charge in [0.05, 0.1) is 12.0 Å². The first kappa shape index (κ1) is 15.5. The number of rotatable bonds is 7. The summed E-state index contributed by atoms with van der Waals surface area (Å²) in [5.41, 5.74) is 1.24. The number of carbonyl (C=O) groups excluding carboxylic acids is 1. The molecule has 0 aromatic heterocycles. The fraction of sp³-hybridized carbons (Fsp3) is 0.500. The third kappa shape index (κ3) is 3.82. The number of hydrogen-bond donors (Lipinski definition) is 2. The molecule has 1 aromatic rings. The number of ether oxygens (including phenoxy) is 1. The largest absolute Gasteiger partial charge is 0.481 e. The van der Waals surface area contributed by atoms with Crippen LogP contribution in [0.5, 0.6) is 0 Å². The molecule has 0 aliphatic heterocycles. The average molecular weight is 291 g/mol. The molecule has 1 amide bonds. The third-order valence-electron chi connectivity index (χ3n) is 4.09. The standard InChI is InChI=1S/C16H21NO4/c1-21-11-13-5-3-12(4-6-13)10-17-14(18)9-16(15(19)20)7-2-8-16/h3-6H,2,7-11H2,1H3,(H,17,18)(H,19,20). The summed E-state index contributed by atoms with van der Waals surface area (Å²) in [7, 11) is 1.65. The topological polar surface area (TPSA) is 75.6 Å². The number of nitrogens with one attached hydrogen (secondary N) is 1. The maximum absolute atomic E-state index is 11.9. The van der Waals surface area contributed by atoms with E-state index < -0.39 is 11.4 Å². The molecule has 21 heavy (non-hydrogen) atoms. The lowest BCUT2D eigenvalue weighted by molar-refractivity contribution is -0.157. The summed E-state index contributed by atoms with van der Waals surface area (Å²) in [6.07, 6.45) is 2.16. The van der Waals surface area contributed by atoms with Gasteiger partial charge in [-0.15, -0.1) is 0 Å². The molecule has 0 bridgehead atoms. The molecule has 2 rings (SSSR count). The van der Waals surface area contributed by atoms with Crippen LogP contribution < -0.4 is 5.32 Å². The van der Waals surface area contributed by atoms with Crippen molar-refractivity contribution in [3.63, 3.8) is 0 Å². The molecule has 1 aliphatic carbocycles. The van der Waals surface area contributed by atoms with Gasteiger partial charge < -0.3 is 15.2 Å². The number of amides is 1. The Bertz CT molecular complexity index is 506. The maximum Gasteiger partial charge on any atom is 0.310 e. The van der Waals surface area contributed by atoms with E-state index in [9.17, 15) is 14.7 Å². The van der Waals surface area contributed by atoms with E-state index in [0.29, 0.717) is 26.0 Å². The monoisotopic (exact) mass is 291 g/mol. The second-order valence-corrected chi connectivity index (χ2v) is 5.64. The van der Waals surface area contributed by atoms with Gasteiger partial charge in [0.2, 0.25) is 5.91 Å². The third-order valence-corrected chi connectivity index (χ3v) is 4.09. The predicted octanol–water partition coefficient (Wildman–Crippen LogP) is 2.09. The van der Waals surface area contributed by atoms with E-state index in [-0.39, 0.29) is 12.3 Å². The van der Waals surface area contributed by atoms with Gasteiger partial charge in [0.25, 0.3) is 0 Å². The lowest BCUT2D eigenvalue weighted by atomic mass is 9.66. The Morgan fingerprint density at radius 1 is 1.24 bits per heavy atom. The Balaban J connectivity index is 1.82. The van der Waals surface area contributed by atoms with Gasteiger partial charge in [-0.25, -0.2) is 0 Å². The molecule has 5 heteroatoms. The van der Waals surface area contributed by atoms with Crippen LogP contribution in [0.2, 0.25) is 0 Å². The first-order valence-corrected chi connectivity index (χ1v) is 7.13. The van der Waals surface area contributed by atoms with Crippen molar-refractivity contribution in [3.05, 3.63) is 35.4 Å². The van der Waals surface area contributed by atoms with Gasteiger partial charge in [-0.05, 0) is 24.0 Å². The summed E-state index contributed by atoms with van der Waals surface area (Å²) >= 11 is 0. The SMILES string of the molecule is COCc1ccc(CNC(=O)CC2(C(=O)O)CCC2)cc1. The molecule has 0 atom stereocenters. The minimum atomic E-state index is -0.854. The van der Waals surface area contributed by atoms with Crippen molar-refractivity contribution in [2.24, 2.45) is 5.41 Å². The molecular weight excluding hydrogens is 270 g/mol. The number of carboxylic acids is 1. The molecule has 0 saturated heterocycles. The molecule has 0 spiro atoms. The molecule has 114 valence electrons. The molecule has 1 saturated carbocycles. The van der Waals surface area contributed by atoms with Crippen LogP contribution in [-0.2, 0) is 27.5 Å². The van der Waals surface area contributed by atoms with Crippen LogP contribution in [0, 0.1) is 5.41 Å². The molecule has 1 aromatic carbocycles. The highest BCUT2D eigenvalue weighted by Gasteiger charge is 2.45. The minimum absolute atomic E-state index is 0.0735. The first-order chi connectivity index (χ1) is 10.1. The van der Waals surface area contributed by atoms with E-state index in [1.54, 1.807) is 7.11 Å². The van der Waals surface area contributed by atoms with Crippen molar-refractivity contribution in [3.8, 4) is 0 Å². The quantitative estimate of drug-likeness (QED) is 0.806. The Labute approximate surface area is 124 Å². The maximum atomic E-state index is 11.9. The Morgan fingerprint density at radius 3 is 2.33 bits per heavy atom. The van der Waals surface area contributed by atoms with Gasteiger partial charge in [-0.3, -0.25) is 9.59 Å². The smallest absolute Gasteiger partial charge is 0.310 e. The van der Waals surface area contributed by atoms with Crippen LogP contribution in [0.4, 0.5) is 0 Å². The van der Waals surface area contributed by atoms with Gasteiger partial charge in [0, 0.05) is 20.1 Å². The highest BCUT2D eigenvalue weighted by Crippen LogP contribution is 2.44. The first-order valence-electron chi connectivity index (χ1n) is 7.13. The minimum Gasteiger partial charge on any atom is -0.481 e. The summed E-state index contributed by atoms with van der Waals surface area (Å²) in [6, 6.07) is 7.78. The van der Waals surface area contributed by atoms with Crippen molar-refractivity contribution >= 4 is 11.9 Å². The molecule has 1 fully saturated rings. The zero-order valence-corrected chi connectivity index (χ0v) is 12.2. The number of methoxy groups -OCH3 is 1. The van der Waals surface area contributed by atoms with Gasteiger partial charge >= 0.3 is 5.97 Å². The highest BCUT2D eigenvalue weighted by atomic mass is 16.5. The summed E-state index contributed by atoms with van der Waals surface area (Å²) in [4.78, 5) is 23.1. The molecular formula is C16H21NO4. The number of hydrogen-bond acceptors (Lipinski definition) is 3. The Kier molecular flexibility index (Phi) is 4.96. The second kappa shape index (κ2) is 6.72. The van der Waals surface area contributed by atoms with Crippen LogP contribution in [0.3, 0.4) is 0 Å². The Hall–Kier alpha value is -1.88. The summed E-state index contributed by atoms with van der Waals surface area (Å²) in [6.45, 7) is 0.982. The van der Waals surface area contributed by atoms with E-state index in [4.69, 9.17) is 4.74 Å². The van der Waals surface area contributed by atoms with E-state index in [1.807, 2.05) is 24.3 Å². The van der Waals surface area contributed by atoms with Crippen molar-refractivity contribution < 1.29 is 19.4 Å². The second-order valence-electron chi connectivity index (χ2n) is 5.64. The highest BCUT2D eigenvalue weighted by molar-refractivity contribution is 5.85. The van der Waals surface area contributed by atoms with Gasteiger partial charge in [0.1, 0.15) is 0 Å². The fourth-order valence-corrected chi connectivity index (χ4v) is 2.56. The number of carboxylic acid groups (broad SMARTS) is 1.